The molecule has 1 saturated carbocycles. The van der Waals surface area contributed by atoms with Crippen molar-refractivity contribution < 1.29 is 0 Å². The van der Waals surface area contributed by atoms with E-state index in [1.165, 1.54) is 36.5 Å². The van der Waals surface area contributed by atoms with E-state index in [9.17, 15) is 0 Å². The molecule has 0 spiro atoms. The summed E-state index contributed by atoms with van der Waals surface area (Å²) in [5.74, 6) is 1.81. The van der Waals surface area contributed by atoms with Crippen molar-refractivity contribution in [2.75, 3.05) is 5.32 Å². The van der Waals surface area contributed by atoms with Crippen molar-refractivity contribution in [3.05, 3.63) is 34.9 Å². The summed E-state index contributed by atoms with van der Waals surface area (Å²) >= 11 is 3.61. The van der Waals surface area contributed by atoms with Crippen LogP contribution in [-0.2, 0) is 0 Å². The molecule has 1 atom stereocenters. The highest BCUT2D eigenvalue weighted by Crippen LogP contribution is 2.32. The molecule has 3 heteroatoms. The monoisotopic (exact) mass is 318 g/mol. The highest BCUT2D eigenvalue weighted by Gasteiger charge is 2.22. The van der Waals surface area contributed by atoms with Gasteiger partial charge in [0.2, 0.25) is 0 Å². The van der Waals surface area contributed by atoms with Gasteiger partial charge in [-0.1, -0.05) is 40.9 Å². The van der Waals surface area contributed by atoms with Crippen LogP contribution in [0.2, 0.25) is 0 Å². The highest BCUT2D eigenvalue weighted by atomic mass is 79.9. The van der Waals surface area contributed by atoms with E-state index >= 15 is 0 Å². The number of nitrogens with one attached hydrogen (secondary N) is 1. The molecular formula is C16H19BrN2. The van der Waals surface area contributed by atoms with Gasteiger partial charge in [0, 0.05) is 27.5 Å². The van der Waals surface area contributed by atoms with Gasteiger partial charge in [0.05, 0.1) is 0 Å². The zero-order chi connectivity index (χ0) is 13.2. The smallest absolute Gasteiger partial charge is 0.134 e. The standard InChI is InChI=1S/C16H19BrN2/c1-11(12-5-2-3-6-12)19-16-14-7-4-8-15(17)13(14)9-10-18-16/h4,7-12H,2-3,5-6H2,1H3,(H,18,19). The Hall–Kier alpha value is -1.09. The molecule has 2 nitrogen and oxygen atoms in total. The van der Waals surface area contributed by atoms with Crippen molar-refractivity contribution in [3.63, 3.8) is 0 Å². The Kier molecular flexibility index (Phi) is 3.74. The SMILES string of the molecule is CC(Nc1nccc2c(Br)cccc12)C1CCCC1. The number of aromatic nitrogens is 1. The second kappa shape index (κ2) is 5.49. The summed E-state index contributed by atoms with van der Waals surface area (Å²) in [5, 5.41) is 6.04. The minimum Gasteiger partial charge on any atom is -0.367 e. The molecule has 0 saturated heterocycles. The fraction of sp³-hybridized carbons (Fsp3) is 0.438. The third-order valence-corrected chi connectivity index (χ3v) is 4.92. The molecular weight excluding hydrogens is 300 g/mol. The first-order chi connectivity index (χ1) is 9.25. The number of nitrogens with zero attached hydrogens (tertiary/aromatic N) is 1. The van der Waals surface area contributed by atoms with Crippen molar-refractivity contribution >= 4 is 32.5 Å². The van der Waals surface area contributed by atoms with Crippen molar-refractivity contribution in [3.8, 4) is 0 Å². The summed E-state index contributed by atoms with van der Waals surface area (Å²) in [6, 6.07) is 8.84. The van der Waals surface area contributed by atoms with Gasteiger partial charge in [0.25, 0.3) is 0 Å². The fourth-order valence-corrected chi connectivity index (χ4v) is 3.57. The largest absolute Gasteiger partial charge is 0.367 e. The predicted molar refractivity (Wildman–Crippen MR) is 84.5 cm³/mol. The van der Waals surface area contributed by atoms with E-state index in [1.807, 2.05) is 6.20 Å². The van der Waals surface area contributed by atoms with E-state index in [0.717, 1.165) is 16.2 Å². The Bertz CT molecular complexity index is 576. The molecule has 2 aromatic rings. The van der Waals surface area contributed by atoms with Crippen molar-refractivity contribution in [1.29, 1.82) is 0 Å². The molecule has 1 heterocycles. The molecule has 0 amide bonds. The van der Waals surface area contributed by atoms with Crippen molar-refractivity contribution in [2.45, 2.75) is 38.6 Å². The molecule has 0 radical (unpaired) electrons. The van der Waals surface area contributed by atoms with Crippen LogP contribution in [0.4, 0.5) is 5.82 Å². The van der Waals surface area contributed by atoms with Gasteiger partial charge in [-0.2, -0.15) is 0 Å². The quantitative estimate of drug-likeness (QED) is 0.862. The van der Waals surface area contributed by atoms with Crippen LogP contribution in [0.1, 0.15) is 32.6 Å². The number of benzene rings is 1. The third kappa shape index (κ3) is 2.62. The average molecular weight is 319 g/mol. The van der Waals surface area contributed by atoms with Gasteiger partial charge < -0.3 is 5.32 Å². The Balaban J connectivity index is 1.90. The van der Waals surface area contributed by atoms with Gasteiger partial charge in [0.15, 0.2) is 0 Å². The number of anilines is 1. The number of hydrogen-bond donors (Lipinski definition) is 1. The van der Waals surface area contributed by atoms with Crippen LogP contribution >= 0.6 is 15.9 Å². The van der Waals surface area contributed by atoms with Gasteiger partial charge in [-0.15, -0.1) is 0 Å². The van der Waals surface area contributed by atoms with Crippen LogP contribution in [0.5, 0.6) is 0 Å². The lowest BCUT2D eigenvalue weighted by molar-refractivity contribution is 0.481. The average Bonchev–Trinajstić information content (AvgIpc) is 2.94. The third-order valence-electron chi connectivity index (χ3n) is 4.22. The maximum Gasteiger partial charge on any atom is 0.134 e. The molecule has 1 aliphatic carbocycles. The Morgan fingerprint density at radius 1 is 1.21 bits per heavy atom. The molecule has 1 fully saturated rings. The zero-order valence-electron chi connectivity index (χ0n) is 11.2. The lowest BCUT2D eigenvalue weighted by atomic mass is 9.99. The Labute approximate surface area is 122 Å². The van der Waals surface area contributed by atoms with E-state index in [2.05, 4.69) is 57.4 Å². The van der Waals surface area contributed by atoms with Crippen LogP contribution < -0.4 is 5.32 Å². The number of pyridine rings is 1. The van der Waals surface area contributed by atoms with Crippen molar-refractivity contribution in [1.82, 2.24) is 4.98 Å². The first-order valence-electron chi connectivity index (χ1n) is 7.05. The molecule has 19 heavy (non-hydrogen) atoms. The molecule has 1 aromatic carbocycles. The van der Waals surface area contributed by atoms with Crippen LogP contribution in [0.25, 0.3) is 10.8 Å². The minimum atomic E-state index is 0.500. The molecule has 3 rings (SSSR count). The van der Waals surface area contributed by atoms with Crippen LogP contribution in [0.15, 0.2) is 34.9 Å². The van der Waals surface area contributed by atoms with E-state index in [-0.39, 0.29) is 0 Å². The summed E-state index contributed by atoms with van der Waals surface area (Å²) in [4.78, 5) is 4.53. The Morgan fingerprint density at radius 2 is 2.00 bits per heavy atom. The van der Waals surface area contributed by atoms with Crippen LogP contribution in [0, 0.1) is 5.92 Å². The van der Waals surface area contributed by atoms with Crippen LogP contribution in [0.3, 0.4) is 0 Å². The number of hydrogen-bond acceptors (Lipinski definition) is 2. The lowest BCUT2D eigenvalue weighted by Gasteiger charge is -2.21. The number of rotatable bonds is 3. The van der Waals surface area contributed by atoms with Gasteiger partial charge in [-0.3, -0.25) is 0 Å². The van der Waals surface area contributed by atoms with Crippen LogP contribution in [-0.4, -0.2) is 11.0 Å². The summed E-state index contributed by atoms with van der Waals surface area (Å²) in [7, 11) is 0. The van der Waals surface area contributed by atoms with Gasteiger partial charge >= 0.3 is 0 Å². The molecule has 0 aliphatic heterocycles. The lowest BCUT2D eigenvalue weighted by Crippen LogP contribution is -2.24. The zero-order valence-corrected chi connectivity index (χ0v) is 12.8. The fourth-order valence-electron chi connectivity index (χ4n) is 3.07. The maximum atomic E-state index is 4.53. The molecule has 0 bridgehead atoms. The van der Waals surface area contributed by atoms with E-state index < -0.39 is 0 Å². The summed E-state index contributed by atoms with van der Waals surface area (Å²) in [6.45, 7) is 2.29. The molecule has 1 aromatic heterocycles. The van der Waals surface area contributed by atoms with E-state index in [1.54, 1.807) is 0 Å². The highest BCUT2D eigenvalue weighted by molar-refractivity contribution is 9.10. The van der Waals surface area contributed by atoms with E-state index in [0.29, 0.717) is 6.04 Å². The van der Waals surface area contributed by atoms with Gasteiger partial charge in [-0.25, -0.2) is 4.98 Å². The topological polar surface area (TPSA) is 24.9 Å². The molecule has 1 unspecified atom stereocenters. The van der Waals surface area contributed by atoms with Gasteiger partial charge in [-0.05, 0) is 37.8 Å². The maximum absolute atomic E-state index is 4.53. The van der Waals surface area contributed by atoms with Crippen molar-refractivity contribution in [2.24, 2.45) is 5.92 Å². The number of halogens is 1. The second-order valence-electron chi connectivity index (χ2n) is 5.47. The second-order valence-corrected chi connectivity index (χ2v) is 6.33. The molecule has 1 N–H and O–H groups in total. The summed E-state index contributed by atoms with van der Waals surface area (Å²) in [5.41, 5.74) is 0. The normalized spacial score (nSPS) is 17.8. The molecule has 1 aliphatic rings. The summed E-state index contributed by atoms with van der Waals surface area (Å²) in [6.07, 6.45) is 7.35. The minimum absolute atomic E-state index is 0.500. The first-order valence-corrected chi connectivity index (χ1v) is 7.85. The summed E-state index contributed by atoms with van der Waals surface area (Å²) < 4.78 is 1.13. The predicted octanol–water partition coefficient (Wildman–Crippen LogP) is 4.99. The van der Waals surface area contributed by atoms with E-state index in [4.69, 9.17) is 0 Å². The Morgan fingerprint density at radius 3 is 2.79 bits per heavy atom. The van der Waals surface area contributed by atoms with Gasteiger partial charge in [0.1, 0.15) is 5.82 Å². The first kappa shape index (κ1) is 12.9. The number of fused-ring (bicyclic) bond motifs is 1. The molecule has 100 valence electrons.